The van der Waals surface area contributed by atoms with Gasteiger partial charge in [0.05, 0.1) is 10.6 Å². The van der Waals surface area contributed by atoms with Gasteiger partial charge in [-0.1, -0.05) is 31.7 Å². The number of aromatic amines is 1. The first-order valence-corrected chi connectivity index (χ1v) is 9.30. The second kappa shape index (κ2) is 6.63. The molecule has 0 spiro atoms. The molecule has 1 aromatic heterocycles. The number of hydrogen-bond donors (Lipinski definition) is 1. The molecule has 1 fully saturated rings. The van der Waals surface area contributed by atoms with E-state index in [-0.39, 0.29) is 17.2 Å². The SMILES string of the molecule is Cc1cc(C)cc(Sc2[nH]c(=O)n(CC3CC3)c(=O)c2C(C)C)c1. The van der Waals surface area contributed by atoms with Crippen molar-refractivity contribution in [3.63, 3.8) is 0 Å². The zero-order valence-corrected chi connectivity index (χ0v) is 15.5. The fourth-order valence-corrected chi connectivity index (χ4v) is 4.29. The molecule has 0 saturated heterocycles. The molecule has 0 amide bonds. The van der Waals surface area contributed by atoms with E-state index >= 15 is 0 Å². The Morgan fingerprint density at radius 3 is 2.33 bits per heavy atom. The second-order valence-electron chi connectivity index (χ2n) is 7.11. The summed E-state index contributed by atoms with van der Waals surface area (Å²) in [5.41, 5.74) is 2.64. The number of aromatic nitrogens is 2. The van der Waals surface area contributed by atoms with Crippen LogP contribution in [0.25, 0.3) is 0 Å². The molecule has 2 aromatic rings. The molecule has 0 atom stereocenters. The number of H-pyrrole nitrogens is 1. The van der Waals surface area contributed by atoms with Gasteiger partial charge in [0, 0.05) is 11.4 Å². The van der Waals surface area contributed by atoms with Crippen molar-refractivity contribution >= 4 is 11.8 Å². The third kappa shape index (κ3) is 3.66. The molecule has 5 heteroatoms. The number of hydrogen-bond acceptors (Lipinski definition) is 3. The monoisotopic (exact) mass is 344 g/mol. The van der Waals surface area contributed by atoms with Gasteiger partial charge in [0.1, 0.15) is 0 Å². The first-order chi connectivity index (χ1) is 11.3. The average molecular weight is 344 g/mol. The molecule has 24 heavy (non-hydrogen) atoms. The lowest BCUT2D eigenvalue weighted by molar-refractivity contribution is 0.553. The molecule has 1 saturated carbocycles. The fraction of sp³-hybridized carbons (Fsp3) is 0.474. The standard InChI is InChI=1S/C19H24N2O2S/c1-11(2)16-17(24-15-8-12(3)7-13(4)9-15)20-19(23)21(18(16)22)10-14-5-6-14/h7-9,11,14H,5-6,10H2,1-4H3,(H,20,23). The van der Waals surface area contributed by atoms with Crippen LogP contribution in [0.4, 0.5) is 0 Å². The van der Waals surface area contributed by atoms with Gasteiger partial charge >= 0.3 is 5.69 Å². The maximum absolute atomic E-state index is 12.9. The molecule has 1 aromatic carbocycles. The van der Waals surface area contributed by atoms with Crippen molar-refractivity contribution in [2.45, 2.75) is 62.9 Å². The van der Waals surface area contributed by atoms with E-state index in [4.69, 9.17) is 0 Å². The summed E-state index contributed by atoms with van der Waals surface area (Å²) in [6.07, 6.45) is 2.23. The van der Waals surface area contributed by atoms with Crippen LogP contribution >= 0.6 is 11.8 Å². The molecular weight excluding hydrogens is 320 g/mol. The molecule has 128 valence electrons. The Labute approximate surface area is 146 Å². The van der Waals surface area contributed by atoms with E-state index in [1.807, 2.05) is 13.8 Å². The lowest BCUT2D eigenvalue weighted by atomic mass is 10.1. The van der Waals surface area contributed by atoms with Gasteiger partial charge < -0.3 is 4.98 Å². The largest absolute Gasteiger partial charge is 0.329 e. The van der Waals surface area contributed by atoms with Gasteiger partial charge in [0.2, 0.25) is 0 Å². The summed E-state index contributed by atoms with van der Waals surface area (Å²) in [6.45, 7) is 8.65. The maximum atomic E-state index is 12.9. The minimum atomic E-state index is -0.289. The fourth-order valence-electron chi connectivity index (χ4n) is 2.99. The van der Waals surface area contributed by atoms with E-state index in [1.165, 1.54) is 27.5 Å². The van der Waals surface area contributed by atoms with E-state index < -0.39 is 0 Å². The highest BCUT2D eigenvalue weighted by atomic mass is 32.2. The molecular formula is C19H24N2O2S. The van der Waals surface area contributed by atoms with Crippen LogP contribution in [0.3, 0.4) is 0 Å². The molecule has 0 bridgehead atoms. The number of nitrogens with one attached hydrogen (secondary N) is 1. The van der Waals surface area contributed by atoms with Gasteiger partial charge in [0.25, 0.3) is 5.56 Å². The predicted molar refractivity (Wildman–Crippen MR) is 98.2 cm³/mol. The summed E-state index contributed by atoms with van der Waals surface area (Å²) in [6, 6.07) is 6.27. The zero-order valence-electron chi connectivity index (χ0n) is 14.7. The van der Waals surface area contributed by atoms with Gasteiger partial charge in [-0.05, 0) is 61.8 Å². The lowest BCUT2D eigenvalue weighted by Gasteiger charge is -2.14. The third-order valence-electron chi connectivity index (χ3n) is 4.32. The minimum absolute atomic E-state index is 0.0632. The van der Waals surface area contributed by atoms with E-state index in [2.05, 4.69) is 37.0 Å². The Morgan fingerprint density at radius 1 is 1.17 bits per heavy atom. The van der Waals surface area contributed by atoms with Crippen LogP contribution < -0.4 is 11.2 Å². The molecule has 1 aliphatic carbocycles. The summed E-state index contributed by atoms with van der Waals surface area (Å²) < 4.78 is 1.39. The second-order valence-corrected chi connectivity index (χ2v) is 8.20. The van der Waals surface area contributed by atoms with E-state index in [0.29, 0.717) is 23.1 Å². The van der Waals surface area contributed by atoms with Crippen molar-refractivity contribution in [3.8, 4) is 0 Å². The Hall–Kier alpha value is -1.75. The van der Waals surface area contributed by atoms with E-state index in [0.717, 1.165) is 17.7 Å². The number of nitrogens with zero attached hydrogens (tertiary/aromatic N) is 1. The molecule has 0 unspecified atom stereocenters. The van der Waals surface area contributed by atoms with Crippen LogP contribution in [0.1, 0.15) is 49.3 Å². The quantitative estimate of drug-likeness (QED) is 0.839. The smallest absolute Gasteiger partial charge is 0.301 e. The number of benzene rings is 1. The normalized spacial score (nSPS) is 14.4. The summed E-state index contributed by atoms with van der Waals surface area (Å²) in [4.78, 5) is 29.3. The molecule has 4 nitrogen and oxygen atoms in total. The van der Waals surface area contributed by atoms with E-state index in [9.17, 15) is 9.59 Å². The minimum Gasteiger partial charge on any atom is -0.301 e. The van der Waals surface area contributed by atoms with Crippen molar-refractivity contribution in [2.24, 2.45) is 5.92 Å². The molecule has 1 N–H and O–H groups in total. The van der Waals surface area contributed by atoms with Crippen LogP contribution in [0, 0.1) is 19.8 Å². The van der Waals surface area contributed by atoms with Crippen molar-refractivity contribution in [1.29, 1.82) is 0 Å². The molecule has 0 radical (unpaired) electrons. The molecule has 3 rings (SSSR count). The Bertz CT molecular complexity index is 856. The highest BCUT2D eigenvalue weighted by molar-refractivity contribution is 7.99. The maximum Gasteiger partial charge on any atom is 0.329 e. The molecule has 1 aliphatic rings. The first-order valence-electron chi connectivity index (χ1n) is 8.48. The van der Waals surface area contributed by atoms with Crippen molar-refractivity contribution < 1.29 is 0 Å². The van der Waals surface area contributed by atoms with Gasteiger partial charge in [0.15, 0.2) is 0 Å². The Balaban J connectivity index is 2.06. The third-order valence-corrected chi connectivity index (χ3v) is 5.31. The van der Waals surface area contributed by atoms with Crippen molar-refractivity contribution in [2.75, 3.05) is 0 Å². The summed E-state index contributed by atoms with van der Waals surface area (Å²) >= 11 is 1.47. The van der Waals surface area contributed by atoms with Gasteiger partial charge in [-0.2, -0.15) is 0 Å². The predicted octanol–water partition coefficient (Wildman–Crippen LogP) is 3.84. The highest BCUT2D eigenvalue weighted by Gasteiger charge is 2.25. The van der Waals surface area contributed by atoms with Crippen LogP contribution in [0.2, 0.25) is 0 Å². The van der Waals surface area contributed by atoms with Gasteiger partial charge in [-0.25, -0.2) is 4.79 Å². The average Bonchev–Trinajstić information content (AvgIpc) is 3.25. The van der Waals surface area contributed by atoms with Crippen LogP contribution in [-0.2, 0) is 6.54 Å². The van der Waals surface area contributed by atoms with Crippen LogP contribution in [-0.4, -0.2) is 9.55 Å². The van der Waals surface area contributed by atoms with Gasteiger partial charge in [-0.3, -0.25) is 9.36 Å². The van der Waals surface area contributed by atoms with Gasteiger partial charge in [-0.15, -0.1) is 0 Å². The molecule has 1 heterocycles. The van der Waals surface area contributed by atoms with E-state index in [1.54, 1.807) is 0 Å². The summed E-state index contributed by atoms with van der Waals surface area (Å²) in [5.74, 6) is 0.551. The number of rotatable bonds is 5. The molecule has 0 aliphatic heterocycles. The zero-order chi connectivity index (χ0) is 17.4. The lowest BCUT2D eigenvalue weighted by Crippen LogP contribution is -2.38. The summed E-state index contributed by atoms with van der Waals surface area (Å²) in [7, 11) is 0. The van der Waals surface area contributed by atoms with Crippen molar-refractivity contribution in [1.82, 2.24) is 9.55 Å². The number of aryl methyl sites for hydroxylation is 2. The van der Waals surface area contributed by atoms with Crippen molar-refractivity contribution in [3.05, 3.63) is 55.7 Å². The summed E-state index contributed by atoms with van der Waals surface area (Å²) in [5, 5.41) is 0.678. The van der Waals surface area contributed by atoms with Crippen LogP contribution in [0.15, 0.2) is 37.7 Å². The first kappa shape index (κ1) is 17.1. The highest BCUT2D eigenvalue weighted by Crippen LogP contribution is 2.32. The Morgan fingerprint density at radius 2 is 1.79 bits per heavy atom. The topological polar surface area (TPSA) is 54.9 Å². The Kier molecular flexibility index (Phi) is 4.72. The van der Waals surface area contributed by atoms with Crippen LogP contribution in [0.5, 0.6) is 0 Å².